The first kappa shape index (κ1) is 22.0. The number of hydrogen-bond donors (Lipinski definition) is 1. The molecule has 1 aliphatic heterocycles. The molecule has 4 aromatic heterocycles. The van der Waals surface area contributed by atoms with E-state index in [1.165, 1.54) is 12.3 Å². The van der Waals surface area contributed by atoms with Gasteiger partial charge >= 0.3 is 0 Å². The second-order valence-corrected chi connectivity index (χ2v) is 8.15. The molecule has 0 aliphatic carbocycles. The zero-order chi connectivity index (χ0) is 24.4. The fourth-order valence-corrected chi connectivity index (χ4v) is 4.31. The molecule has 4 aromatic rings. The van der Waals surface area contributed by atoms with E-state index in [0.29, 0.717) is 47.7 Å². The standard InChI is InChI=1S/C25H22N8O2/c1-2-22(34)32-11-3-4-17(15-32)23-20-8-10-29-25(27)33(20)24(31-23)19-6-5-18(14-30-19)35-21-12-16(13-26)7-9-28-21/h2,5-10,12,14,17H,1,3-4,11,15H2,(H2,27,29). The molecular weight excluding hydrogens is 444 g/mol. The Morgan fingerprint density at radius 3 is 2.86 bits per heavy atom. The molecule has 5 heterocycles. The first-order valence-corrected chi connectivity index (χ1v) is 11.1. The number of anilines is 1. The molecule has 2 N–H and O–H groups in total. The summed E-state index contributed by atoms with van der Waals surface area (Å²) in [4.78, 5) is 31.8. The van der Waals surface area contributed by atoms with Gasteiger partial charge in [0.2, 0.25) is 17.7 Å². The van der Waals surface area contributed by atoms with Crippen LogP contribution in [0.2, 0.25) is 0 Å². The molecule has 1 atom stereocenters. The Labute approximate surface area is 201 Å². The van der Waals surface area contributed by atoms with Crippen LogP contribution < -0.4 is 10.5 Å². The topological polar surface area (TPSA) is 135 Å². The lowest BCUT2D eigenvalue weighted by atomic mass is 9.94. The highest BCUT2D eigenvalue weighted by Crippen LogP contribution is 2.33. The van der Waals surface area contributed by atoms with Gasteiger partial charge in [-0.15, -0.1) is 0 Å². The fraction of sp³-hybridized carbons (Fsp3) is 0.200. The van der Waals surface area contributed by atoms with Gasteiger partial charge in [0.15, 0.2) is 5.82 Å². The normalized spacial score (nSPS) is 15.5. The number of likely N-dealkylation sites (tertiary alicyclic amines) is 1. The van der Waals surface area contributed by atoms with Gasteiger partial charge in [0.25, 0.3) is 0 Å². The number of piperidine rings is 1. The van der Waals surface area contributed by atoms with Gasteiger partial charge in [-0.05, 0) is 43.2 Å². The summed E-state index contributed by atoms with van der Waals surface area (Å²) in [6.07, 6.45) is 7.87. The number of nitriles is 1. The van der Waals surface area contributed by atoms with Crippen LogP contribution >= 0.6 is 0 Å². The van der Waals surface area contributed by atoms with Crippen molar-refractivity contribution in [2.45, 2.75) is 18.8 Å². The highest BCUT2D eigenvalue weighted by atomic mass is 16.5. The van der Waals surface area contributed by atoms with Crippen molar-refractivity contribution >= 4 is 17.4 Å². The van der Waals surface area contributed by atoms with Crippen molar-refractivity contribution in [3.05, 3.63) is 72.8 Å². The number of pyridine rings is 2. The second-order valence-electron chi connectivity index (χ2n) is 8.15. The summed E-state index contributed by atoms with van der Waals surface area (Å²) >= 11 is 0. The molecule has 0 aromatic carbocycles. The van der Waals surface area contributed by atoms with Crippen molar-refractivity contribution in [1.29, 1.82) is 5.26 Å². The molecule has 0 radical (unpaired) electrons. The largest absolute Gasteiger partial charge is 0.437 e. The van der Waals surface area contributed by atoms with E-state index in [0.717, 1.165) is 24.1 Å². The van der Waals surface area contributed by atoms with Crippen LogP contribution in [-0.2, 0) is 4.79 Å². The van der Waals surface area contributed by atoms with Crippen molar-refractivity contribution in [3.63, 3.8) is 0 Å². The van der Waals surface area contributed by atoms with Gasteiger partial charge in [0, 0.05) is 37.5 Å². The maximum atomic E-state index is 12.2. The van der Waals surface area contributed by atoms with Crippen molar-refractivity contribution in [1.82, 2.24) is 29.2 Å². The Morgan fingerprint density at radius 2 is 2.09 bits per heavy atom. The molecule has 1 aliphatic rings. The number of nitrogens with zero attached hydrogens (tertiary/aromatic N) is 7. The van der Waals surface area contributed by atoms with E-state index in [1.807, 2.05) is 6.07 Å². The number of nitrogen functional groups attached to an aromatic ring is 1. The molecule has 10 nitrogen and oxygen atoms in total. The highest BCUT2D eigenvalue weighted by molar-refractivity contribution is 5.87. The van der Waals surface area contributed by atoms with E-state index in [2.05, 4.69) is 27.6 Å². The van der Waals surface area contributed by atoms with Crippen LogP contribution in [0.3, 0.4) is 0 Å². The van der Waals surface area contributed by atoms with Gasteiger partial charge < -0.3 is 15.4 Å². The summed E-state index contributed by atoms with van der Waals surface area (Å²) < 4.78 is 7.52. The minimum Gasteiger partial charge on any atom is -0.437 e. The molecule has 1 amide bonds. The molecule has 174 valence electrons. The minimum absolute atomic E-state index is 0.0549. The Morgan fingerprint density at radius 1 is 1.23 bits per heavy atom. The van der Waals surface area contributed by atoms with Crippen LogP contribution in [0.5, 0.6) is 11.6 Å². The summed E-state index contributed by atoms with van der Waals surface area (Å²) in [7, 11) is 0. The Bertz CT molecular complexity index is 1450. The summed E-state index contributed by atoms with van der Waals surface area (Å²) in [6.45, 7) is 4.88. The molecule has 0 saturated carbocycles. The van der Waals surface area contributed by atoms with Crippen molar-refractivity contribution < 1.29 is 9.53 Å². The van der Waals surface area contributed by atoms with Gasteiger partial charge in [-0.1, -0.05) is 6.58 Å². The predicted molar refractivity (Wildman–Crippen MR) is 128 cm³/mol. The molecule has 5 rings (SSSR count). The Kier molecular flexibility index (Phi) is 5.81. The van der Waals surface area contributed by atoms with Crippen LogP contribution in [0.4, 0.5) is 5.95 Å². The SMILES string of the molecule is C=CC(=O)N1CCCC(c2nc(-c3ccc(Oc4cc(C#N)ccn4)cn3)n3c(N)nccc23)C1. The lowest BCUT2D eigenvalue weighted by molar-refractivity contribution is -0.127. The quantitative estimate of drug-likeness (QED) is 0.443. The summed E-state index contributed by atoms with van der Waals surface area (Å²) in [6, 6.07) is 10.6. The summed E-state index contributed by atoms with van der Waals surface area (Å²) in [5.41, 5.74) is 8.98. The van der Waals surface area contributed by atoms with E-state index in [4.69, 9.17) is 20.7 Å². The van der Waals surface area contributed by atoms with E-state index in [-0.39, 0.29) is 11.8 Å². The third-order valence-electron chi connectivity index (χ3n) is 5.96. The number of nitrogens with two attached hydrogens (primary N) is 1. The van der Waals surface area contributed by atoms with E-state index >= 15 is 0 Å². The molecule has 1 fully saturated rings. The zero-order valence-electron chi connectivity index (χ0n) is 18.8. The average molecular weight is 467 g/mol. The first-order valence-electron chi connectivity index (χ1n) is 11.1. The summed E-state index contributed by atoms with van der Waals surface area (Å²) in [5.74, 6) is 1.60. The number of aromatic nitrogens is 5. The number of fused-ring (bicyclic) bond motifs is 1. The van der Waals surface area contributed by atoms with Crippen molar-refractivity contribution in [2.24, 2.45) is 0 Å². The maximum Gasteiger partial charge on any atom is 0.245 e. The molecule has 0 bridgehead atoms. The van der Waals surface area contributed by atoms with Gasteiger partial charge in [-0.3, -0.25) is 9.20 Å². The molecule has 10 heteroatoms. The van der Waals surface area contributed by atoms with E-state index in [9.17, 15) is 4.79 Å². The molecule has 1 saturated heterocycles. The number of amides is 1. The monoisotopic (exact) mass is 466 g/mol. The minimum atomic E-state index is -0.0772. The van der Waals surface area contributed by atoms with E-state index in [1.54, 1.807) is 46.0 Å². The average Bonchev–Trinajstić information content (AvgIpc) is 3.30. The number of imidazole rings is 1. The Hall–Kier alpha value is -4.78. The van der Waals surface area contributed by atoms with Crippen LogP contribution in [0, 0.1) is 11.3 Å². The third-order valence-corrected chi connectivity index (χ3v) is 5.96. The molecule has 0 spiro atoms. The second kappa shape index (κ2) is 9.23. The number of hydrogen-bond acceptors (Lipinski definition) is 8. The molecular formula is C25H22N8O2. The molecule has 35 heavy (non-hydrogen) atoms. The van der Waals surface area contributed by atoms with Gasteiger partial charge in [0.1, 0.15) is 11.4 Å². The highest BCUT2D eigenvalue weighted by Gasteiger charge is 2.28. The van der Waals surface area contributed by atoms with Gasteiger partial charge in [-0.2, -0.15) is 5.26 Å². The number of carbonyl (C=O) groups excluding carboxylic acids is 1. The van der Waals surface area contributed by atoms with Crippen LogP contribution in [-0.4, -0.2) is 48.2 Å². The smallest absolute Gasteiger partial charge is 0.245 e. The maximum absolute atomic E-state index is 12.2. The lowest BCUT2D eigenvalue weighted by Crippen LogP contribution is -2.38. The molecule has 1 unspecified atom stereocenters. The Balaban J connectivity index is 1.48. The number of ether oxygens (including phenoxy) is 1. The van der Waals surface area contributed by atoms with Crippen molar-refractivity contribution in [3.8, 4) is 29.2 Å². The zero-order valence-corrected chi connectivity index (χ0v) is 18.8. The van der Waals surface area contributed by atoms with Gasteiger partial charge in [0.05, 0.1) is 29.0 Å². The summed E-state index contributed by atoms with van der Waals surface area (Å²) in [5, 5.41) is 9.06. The van der Waals surface area contributed by atoms with E-state index < -0.39 is 0 Å². The third kappa shape index (κ3) is 4.27. The van der Waals surface area contributed by atoms with Crippen LogP contribution in [0.15, 0.2) is 61.6 Å². The van der Waals surface area contributed by atoms with Gasteiger partial charge in [-0.25, -0.2) is 19.9 Å². The first-order chi connectivity index (χ1) is 17.1. The number of carbonyl (C=O) groups is 1. The van der Waals surface area contributed by atoms with Crippen LogP contribution in [0.1, 0.15) is 30.0 Å². The lowest BCUT2D eigenvalue weighted by Gasteiger charge is -2.31. The predicted octanol–water partition coefficient (Wildman–Crippen LogP) is 3.32. The fourth-order valence-electron chi connectivity index (χ4n) is 4.31. The van der Waals surface area contributed by atoms with Crippen LogP contribution in [0.25, 0.3) is 17.0 Å². The van der Waals surface area contributed by atoms with Crippen molar-refractivity contribution in [2.75, 3.05) is 18.8 Å². The number of rotatable bonds is 5.